The van der Waals surface area contributed by atoms with Crippen molar-refractivity contribution in [1.82, 2.24) is 10.3 Å². The zero-order valence-electron chi connectivity index (χ0n) is 10.3. The number of aromatic nitrogens is 1. The van der Waals surface area contributed by atoms with E-state index in [1.165, 1.54) is 11.3 Å². The molecule has 0 saturated heterocycles. The minimum Gasteiger partial charge on any atom is -0.387 e. The second-order valence-corrected chi connectivity index (χ2v) is 6.17. The number of rotatable bonds is 6. The van der Waals surface area contributed by atoms with E-state index in [4.69, 9.17) is 0 Å². The number of aliphatic hydroxyl groups is 1. The third-order valence-electron chi connectivity index (χ3n) is 2.13. The molecule has 4 nitrogen and oxygen atoms in total. The maximum Gasteiger partial charge on any atom is 0.226 e. The molecule has 1 heterocycles. The molecule has 0 aliphatic heterocycles. The SMILES string of the molecule is CSCC(C)(O)CNC(=O)Cc1csc(C)n1. The first kappa shape index (κ1) is 14.5. The average Bonchev–Trinajstić information content (AvgIpc) is 2.61. The standard InChI is InChI=1S/C11H18N2O2S2/c1-8-13-9(5-17-8)4-10(14)12-6-11(2,15)7-16-3/h5,15H,4,6-7H2,1-3H3,(H,12,14). The normalized spacial score (nSPS) is 14.4. The maximum absolute atomic E-state index is 11.6. The Bertz CT molecular complexity index is 377. The van der Waals surface area contributed by atoms with Gasteiger partial charge in [0.15, 0.2) is 0 Å². The number of carbonyl (C=O) groups excluding carboxylic acids is 1. The number of hydrogen-bond donors (Lipinski definition) is 2. The molecule has 6 heteroatoms. The molecule has 1 aromatic heterocycles. The number of aryl methyl sites for hydroxylation is 1. The highest BCUT2D eigenvalue weighted by Crippen LogP contribution is 2.10. The van der Waals surface area contributed by atoms with E-state index >= 15 is 0 Å². The van der Waals surface area contributed by atoms with Gasteiger partial charge in [0.1, 0.15) is 0 Å². The van der Waals surface area contributed by atoms with Crippen molar-refractivity contribution in [3.8, 4) is 0 Å². The van der Waals surface area contributed by atoms with Crippen molar-refractivity contribution < 1.29 is 9.90 Å². The van der Waals surface area contributed by atoms with Crippen LogP contribution in [0.15, 0.2) is 5.38 Å². The van der Waals surface area contributed by atoms with Crippen molar-refractivity contribution in [3.63, 3.8) is 0 Å². The van der Waals surface area contributed by atoms with Crippen LogP contribution in [0.3, 0.4) is 0 Å². The first-order chi connectivity index (χ1) is 7.93. The Labute approximate surface area is 110 Å². The van der Waals surface area contributed by atoms with Crippen molar-refractivity contribution in [2.24, 2.45) is 0 Å². The molecule has 1 aromatic rings. The molecule has 0 fully saturated rings. The van der Waals surface area contributed by atoms with E-state index < -0.39 is 5.60 Å². The highest BCUT2D eigenvalue weighted by molar-refractivity contribution is 7.98. The Morgan fingerprint density at radius 3 is 2.94 bits per heavy atom. The van der Waals surface area contributed by atoms with Crippen molar-refractivity contribution >= 4 is 29.0 Å². The Balaban J connectivity index is 2.35. The van der Waals surface area contributed by atoms with Gasteiger partial charge in [-0.15, -0.1) is 11.3 Å². The number of carbonyl (C=O) groups is 1. The molecular weight excluding hydrogens is 256 g/mol. The molecule has 0 aliphatic carbocycles. The van der Waals surface area contributed by atoms with Crippen LogP contribution in [0, 0.1) is 6.92 Å². The predicted molar refractivity (Wildman–Crippen MR) is 72.6 cm³/mol. The molecule has 1 amide bonds. The zero-order chi connectivity index (χ0) is 12.9. The van der Waals surface area contributed by atoms with E-state index in [2.05, 4.69) is 10.3 Å². The largest absolute Gasteiger partial charge is 0.387 e. The summed E-state index contributed by atoms with van der Waals surface area (Å²) in [4.78, 5) is 15.8. The summed E-state index contributed by atoms with van der Waals surface area (Å²) in [7, 11) is 0. The lowest BCUT2D eigenvalue weighted by atomic mass is 10.1. The van der Waals surface area contributed by atoms with Crippen LogP contribution in [-0.2, 0) is 11.2 Å². The van der Waals surface area contributed by atoms with Gasteiger partial charge in [-0.3, -0.25) is 4.79 Å². The molecule has 1 unspecified atom stereocenters. The highest BCUT2D eigenvalue weighted by atomic mass is 32.2. The Hall–Kier alpha value is -0.590. The quantitative estimate of drug-likeness (QED) is 0.819. The van der Waals surface area contributed by atoms with Crippen LogP contribution >= 0.6 is 23.1 Å². The summed E-state index contributed by atoms with van der Waals surface area (Å²) in [6, 6.07) is 0. The summed E-state index contributed by atoms with van der Waals surface area (Å²) in [6.07, 6.45) is 2.20. The van der Waals surface area contributed by atoms with Crippen LogP contribution in [0.5, 0.6) is 0 Å². The Morgan fingerprint density at radius 2 is 2.41 bits per heavy atom. The van der Waals surface area contributed by atoms with Gasteiger partial charge < -0.3 is 10.4 Å². The molecule has 17 heavy (non-hydrogen) atoms. The maximum atomic E-state index is 11.6. The van der Waals surface area contributed by atoms with E-state index in [9.17, 15) is 9.90 Å². The number of thioether (sulfide) groups is 1. The summed E-state index contributed by atoms with van der Waals surface area (Å²) in [5.74, 6) is 0.500. The van der Waals surface area contributed by atoms with Crippen molar-refractivity contribution in [2.45, 2.75) is 25.9 Å². The number of hydrogen-bond acceptors (Lipinski definition) is 5. The zero-order valence-corrected chi connectivity index (χ0v) is 12.0. The summed E-state index contributed by atoms with van der Waals surface area (Å²) >= 11 is 3.09. The van der Waals surface area contributed by atoms with Crippen LogP contribution in [-0.4, -0.2) is 40.2 Å². The van der Waals surface area contributed by atoms with E-state index in [0.717, 1.165) is 10.7 Å². The second kappa shape index (κ2) is 6.37. The van der Waals surface area contributed by atoms with E-state index in [0.29, 0.717) is 5.75 Å². The van der Waals surface area contributed by atoms with E-state index in [1.807, 2.05) is 18.6 Å². The van der Waals surface area contributed by atoms with Crippen LogP contribution < -0.4 is 5.32 Å². The number of thiazole rings is 1. The molecule has 1 rings (SSSR count). The lowest BCUT2D eigenvalue weighted by molar-refractivity contribution is -0.121. The summed E-state index contributed by atoms with van der Waals surface area (Å²) in [5, 5.41) is 15.5. The van der Waals surface area contributed by atoms with Gasteiger partial charge in [0.05, 0.1) is 22.7 Å². The lowest BCUT2D eigenvalue weighted by Crippen LogP contribution is -2.42. The molecule has 0 aromatic carbocycles. The molecule has 0 spiro atoms. The monoisotopic (exact) mass is 274 g/mol. The van der Waals surface area contributed by atoms with Crippen LogP contribution in [0.25, 0.3) is 0 Å². The first-order valence-corrected chi connectivity index (χ1v) is 7.59. The lowest BCUT2D eigenvalue weighted by Gasteiger charge is -2.22. The molecule has 0 saturated carbocycles. The van der Waals surface area contributed by atoms with Crippen LogP contribution in [0.4, 0.5) is 0 Å². The van der Waals surface area contributed by atoms with Gasteiger partial charge in [-0.05, 0) is 20.1 Å². The van der Waals surface area contributed by atoms with Gasteiger partial charge >= 0.3 is 0 Å². The van der Waals surface area contributed by atoms with Crippen molar-refractivity contribution in [3.05, 3.63) is 16.1 Å². The van der Waals surface area contributed by atoms with Gasteiger partial charge in [-0.1, -0.05) is 0 Å². The smallest absolute Gasteiger partial charge is 0.226 e. The molecule has 0 bridgehead atoms. The van der Waals surface area contributed by atoms with Crippen molar-refractivity contribution in [2.75, 3.05) is 18.6 Å². The van der Waals surface area contributed by atoms with E-state index in [-0.39, 0.29) is 18.9 Å². The Morgan fingerprint density at radius 1 is 1.71 bits per heavy atom. The topological polar surface area (TPSA) is 62.2 Å². The van der Waals surface area contributed by atoms with Crippen LogP contribution in [0.1, 0.15) is 17.6 Å². The fourth-order valence-electron chi connectivity index (χ4n) is 1.37. The van der Waals surface area contributed by atoms with Crippen molar-refractivity contribution in [1.29, 1.82) is 0 Å². The molecule has 1 atom stereocenters. The minimum absolute atomic E-state index is 0.100. The molecule has 2 N–H and O–H groups in total. The number of nitrogens with zero attached hydrogens (tertiary/aromatic N) is 1. The van der Waals surface area contributed by atoms with E-state index in [1.54, 1.807) is 18.7 Å². The van der Waals surface area contributed by atoms with Gasteiger partial charge in [0.25, 0.3) is 0 Å². The fourth-order valence-corrected chi connectivity index (χ4v) is 2.70. The average molecular weight is 274 g/mol. The minimum atomic E-state index is -0.854. The summed E-state index contributed by atoms with van der Waals surface area (Å²) in [5.41, 5.74) is -0.0675. The summed E-state index contributed by atoms with van der Waals surface area (Å²) < 4.78 is 0. The first-order valence-electron chi connectivity index (χ1n) is 5.32. The summed E-state index contributed by atoms with van der Waals surface area (Å²) in [6.45, 7) is 3.90. The molecule has 0 aliphatic rings. The van der Waals surface area contributed by atoms with Gasteiger partial charge in [-0.2, -0.15) is 11.8 Å². The predicted octanol–water partition coefficient (Wildman–Crippen LogP) is 1.22. The third kappa shape index (κ3) is 5.52. The van der Waals surface area contributed by atoms with Gasteiger partial charge in [0.2, 0.25) is 5.91 Å². The van der Waals surface area contributed by atoms with Gasteiger partial charge in [0, 0.05) is 17.7 Å². The molecule has 96 valence electrons. The van der Waals surface area contributed by atoms with Gasteiger partial charge in [-0.25, -0.2) is 4.98 Å². The van der Waals surface area contributed by atoms with Crippen LogP contribution in [0.2, 0.25) is 0 Å². The fraction of sp³-hybridized carbons (Fsp3) is 0.636. The molecular formula is C11H18N2O2S2. The number of amides is 1. The third-order valence-corrected chi connectivity index (χ3v) is 3.86. The molecule has 0 radical (unpaired) electrons. The Kier molecular flexibility index (Phi) is 5.42. The number of nitrogens with one attached hydrogen (secondary N) is 1. The highest BCUT2D eigenvalue weighted by Gasteiger charge is 2.20. The second-order valence-electron chi connectivity index (χ2n) is 4.24.